The molecule has 0 aliphatic carbocycles. The number of carbonyl (C=O) groups is 2. The highest BCUT2D eigenvalue weighted by molar-refractivity contribution is 7.98. The molecule has 1 atom stereocenters. The molecule has 2 rings (SSSR count). The molecule has 0 aliphatic rings. The Hall–Kier alpha value is -2.67. The van der Waals surface area contributed by atoms with Crippen LogP contribution in [-0.2, 0) is 11.4 Å². The van der Waals surface area contributed by atoms with Crippen molar-refractivity contribution in [2.75, 3.05) is 17.3 Å². The smallest absolute Gasteiger partial charge is 0.405 e. The van der Waals surface area contributed by atoms with Crippen molar-refractivity contribution in [1.29, 1.82) is 0 Å². The highest BCUT2D eigenvalue weighted by Gasteiger charge is 2.20. The van der Waals surface area contributed by atoms with Crippen LogP contribution in [0.1, 0.15) is 12.0 Å². The summed E-state index contributed by atoms with van der Waals surface area (Å²) in [4.78, 5) is 23.1. The molecule has 1 unspecified atom stereocenters. The van der Waals surface area contributed by atoms with Gasteiger partial charge in [-0.05, 0) is 48.3 Å². The number of ether oxygens (including phenoxy) is 1. The number of anilines is 1. The van der Waals surface area contributed by atoms with Gasteiger partial charge in [0.2, 0.25) is 5.91 Å². The van der Waals surface area contributed by atoms with Crippen LogP contribution < -0.4 is 15.4 Å². The minimum absolute atomic E-state index is 0.376. The van der Waals surface area contributed by atoms with Crippen molar-refractivity contribution in [2.45, 2.75) is 19.1 Å². The number of benzene rings is 2. The van der Waals surface area contributed by atoms with Crippen LogP contribution in [0, 0.1) is 0 Å². The van der Waals surface area contributed by atoms with E-state index in [0.29, 0.717) is 30.2 Å². The van der Waals surface area contributed by atoms with E-state index in [1.54, 1.807) is 36.0 Å². The maximum Gasteiger partial charge on any atom is 0.405 e. The zero-order chi connectivity index (χ0) is 18.8. The molecular formula is C19H22N2O4S. The van der Waals surface area contributed by atoms with Gasteiger partial charge in [0.1, 0.15) is 18.4 Å². The topological polar surface area (TPSA) is 87.7 Å². The Balaban J connectivity index is 1.90. The van der Waals surface area contributed by atoms with E-state index >= 15 is 0 Å². The average Bonchev–Trinajstić information content (AvgIpc) is 2.65. The van der Waals surface area contributed by atoms with Crippen molar-refractivity contribution in [3.8, 4) is 5.75 Å². The molecule has 7 heteroatoms. The summed E-state index contributed by atoms with van der Waals surface area (Å²) in [6.07, 6.45) is 1.12. The Kier molecular flexibility index (Phi) is 7.82. The van der Waals surface area contributed by atoms with Gasteiger partial charge in [0.05, 0.1) is 0 Å². The van der Waals surface area contributed by atoms with Crippen LogP contribution >= 0.6 is 11.8 Å². The fraction of sp³-hybridized carbons (Fsp3) is 0.263. The molecule has 0 aliphatic heterocycles. The van der Waals surface area contributed by atoms with Gasteiger partial charge in [-0.1, -0.05) is 30.3 Å². The van der Waals surface area contributed by atoms with E-state index in [0.717, 1.165) is 5.56 Å². The summed E-state index contributed by atoms with van der Waals surface area (Å²) in [5, 5.41) is 13.9. The minimum Gasteiger partial charge on any atom is -0.489 e. The summed E-state index contributed by atoms with van der Waals surface area (Å²) in [6.45, 7) is 0.464. The molecule has 138 valence electrons. The normalized spacial score (nSPS) is 11.4. The highest BCUT2D eigenvalue weighted by atomic mass is 32.2. The van der Waals surface area contributed by atoms with E-state index in [9.17, 15) is 9.59 Å². The fourth-order valence-corrected chi connectivity index (χ4v) is 2.73. The molecule has 0 saturated heterocycles. The lowest BCUT2D eigenvalue weighted by Crippen LogP contribution is -2.43. The van der Waals surface area contributed by atoms with E-state index in [4.69, 9.17) is 9.84 Å². The van der Waals surface area contributed by atoms with Gasteiger partial charge in [-0.15, -0.1) is 0 Å². The summed E-state index contributed by atoms with van der Waals surface area (Å²) in [5.74, 6) is 0.999. The molecule has 3 N–H and O–H groups in total. The number of hydrogen-bond acceptors (Lipinski definition) is 4. The lowest BCUT2D eigenvalue weighted by atomic mass is 10.2. The molecule has 0 fully saturated rings. The predicted octanol–water partition coefficient (Wildman–Crippen LogP) is 3.59. The lowest BCUT2D eigenvalue weighted by Gasteiger charge is -2.16. The van der Waals surface area contributed by atoms with Crippen LogP contribution in [0.15, 0.2) is 54.6 Å². The number of thioether (sulfide) groups is 1. The first-order chi connectivity index (χ1) is 12.6. The van der Waals surface area contributed by atoms with Crippen molar-refractivity contribution in [3.63, 3.8) is 0 Å². The van der Waals surface area contributed by atoms with E-state index in [1.165, 1.54) is 0 Å². The largest absolute Gasteiger partial charge is 0.489 e. The number of carboxylic acid groups (broad SMARTS) is 1. The Morgan fingerprint density at radius 2 is 1.81 bits per heavy atom. The molecule has 26 heavy (non-hydrogen) atoms. The molecule has 2 aromatic carbocycles. The van der Waals surface area contributed by atoms with Gasteiger partial charge in [0, 0.05) is 5.69 Å². The third-order valence-electron chi connectivity index (χ3n) is 3.60. The molecule has 0 spiro atoms. The first-order valence-electron chi connectivity index (χ1n) is 8.14. The fourth-order valence-electron chi connectivity index (χ4n) is 2.26. The number of carbonyl (C=O) groups excluding carboxylic acids is 1. The molecule has 0 heterocycles. The number of hydrogen-bond donors (Lipinski definition) is 3. The second-order valence-electron chi connectivity index (χ2n) is 5.57. The average molecular weight is 374 g/mol. The number of amides is 2. The molecule has 2 amide bonds. The van der Waals surface area contributed by atoms with E-state index in [-0.39, 0.29) is 5.91 Å². The second-order valence-corrected chi connectivity index (χ2v) is 6.56. The summed E-state index contributed by atoms with van der Waals surface area (Å²) in [5.41, 5.74) is 1.66. The van der Waals surface area contributed by atoms with Gasteiger partial charge >= 0.3 is 6.09 Å². The third kappa shape index (κ3) is 6.68. The summed E-state index contributed by atoms with van der Waals surface area (Å²) < 4.78 is 5.70. The van der Waals surface area contributed by atoms with Crippen molar-refractivity contribution in [3.05, 3.63) is 60.2 Å². The number of nitrogens with one attached hydrogen (secondary N) is 2. The molecule has 0 aromatic heterocycles. The van der Waals surface area contributed by atoms with E-state index in [2.05, 4.69) is 10.6 Å². The Morgan fingerprint density at radius 3 is 2.42 bits per heavy atom. The van der Waals surface area contributed by atoms with Gasteiger partial charge in [0.25, 0.3) is 0 Å². The van der Waals surface area contributed by atoms with Crippen LogP contribution in [0.25, 0.3) is 0 Å². The zero-order valence-corrected chi connectivity index (χ0v) is 15.3. The Labute approximate surface area is 156 Å². The Bertz CT molecular complexity index is 707. The molecule has 6 nitrogen and oxygen atoms in total. The standard InChI is InChI=1S/C19H22N2O4S/c1-26-12-11-17(21-19(23)24)18(22)20-15-7-9-16(10-8-15)25-13-14-5-3-2-4-6-14/h2-10,17,21H,11-13H2,1H3,(H,20,22)(H,23,24). The first kappa shape index (κ1) is 19.7. The highest BCUT2D eigenvalue weighted by Crippen LogP contribution is 2.17. The van der Waals surface area contributed by atoms with Gasteiger partial charge < -0.3 is 20.5 Å². The van der Waals surface area contributed by atoms with Gasteiger partial charge in [-0.3, -0.25) is 4.79 Å². The lowest BCUT2D eigenvalue weighted by molar-refractivity contribution is -0.118. The predicted molar refractivity (Wildman–Crippen MR) is 104 cm³/mol. The van der Waals surface area contributed by atoms with Gasteiger partial charge in [-0.25, -0.2) is 4.79 Å². The first-order valence-corrected chi connectivity index (χ1v) is 9.54. The molecule has 2 aromatic rings. The van der Waals surface area contributed by atoms with Crippen LogP contribution in [0.2, 0.25) is 0 Å². The maximum absolute atomic E-state index is 12.3. The summed E-state index contributed by atoms with van der Waals surface area (Å²) >= 11 is 1.56. The third-order valence-corrected chi connectivity index (χ3v) is 4.24. The zero-order valence-electron chi connectivity index (χ0n) is 14.5. The number of rotatable bonds is 9. The minimum atomic E-state index is -1.21. The maximum atomic E-state index is 12.3. The SMILES string of the molecule is CSCCC(NC(=O)O)C(=O)Nc1ccc(OCc2ccccc2)cc1. The molecule has 0 radical (unpaired) electrons. The molecule has 0 saturated carbocycles. The van der Waals surface area contributed by atoms with E-state index in [1.807, 2.05) is 36.6 Å². The summed E-state index contributed by atoms with van der Waals surface area (Å²) in [6, 6.07) is 16.0. The van der Waals surface area contributed by atoms with Crippen LogP contribution in [-0.4, -0.2) is 35.2 Å². The monoisotopic (exact) mass is 374 g/mol. The Morgan fingerprint density at radius 1 is 1.12 bits per heavy atom. The van der Waals surface area contributed by atoms with Gasteiger partial charge in [0.15, 0.2) is 0 Å². The van der Waals surface area contributed by atoms with E-state index < -0.39 is 12.1 Å². The summed E-state index contributed by atoms with van der Waals surface area (Å²) in [7, 11) is 0. The molecule has 0 bridgehead atoms. The molecular weight excluding hydrogens is 352 g/mol. The van der Waals surface area contributed by atoms with Crippen molar-refractivity contribution >= 4 is 29.4 Å². The van der Waals surface area contributed by atoms with Crippen LogP contribution in [0.3, 0.4) is 0 Å². The van der Waals surface area contributed by atoms with Gasteiger partial charge in [-0.2, -0.15) is 11.8 Å². The quantitative estimate of drug-likeness (QED) is 0.624. The van der Waals surface area contributed by atoms with Crippen molar-refractivity contribution in [1.82, 2.24) is 5.32 Å². The van der Waals surface area contributed by atoms with Crippen molar-refractivity contribution < 1.29 is 19.4 Å². The van der Waals surface area contributed by atoms with Crippen LogP contribution in [0.4, 0.5) is 10.5 Å². The second kappa shape index (κ2) is 10.4. The van der Waals surface area contributed by atoms with Crippen molar-refractivity contribution in [2.24, 2.45) is 0 Å². The van der Waals surface area contributed by atoms with Crippen LogP contribution in [0.5, 0.6) is 5.75 Å².